The van der Waals surface area contributed by atoms with Crippen molar-refractivity contribution in [3.63, 3.8) is 0 Å². The molecule has 2 heterocycles. The van der Waals surface area contributed by atoms with Crippen LogP contribution in [0.1, 0.15) is 24.1 Å². The molecule has 6 heteroatoms. The van der Waals surface area contributed by atoms with E-state index in [0.717, 1.165) is 17.2 Å². The maximum Gasteiger partial charge on any atom is 0.225 e. The van der Waals surface area contributed by atoms with Crippen molar-refractivity contribution in [1.82, 2.24) is 9.97 Å². The molecule has 1 fully saturated rings. The first-order chi connectivity index (χ1) is 11.5. The Bertz CT molecular complexity index is 690. The molecule has 0 atom stereocenters. The molecule has 1 aromatic heterocycles. The quantitative estimate of drug-likeness (QED) is 0.928. The number of anilines is 1. The molecule has 2 aromatic rings. The predicted octanol–water partition coefficient (Wildman–Crippen LogP) is 2.29. The highest BCUT2D eigenvalue weighted by Gasteiger charge is 2.35. The van der Waals surface area contributed by atoms with Gasteiger partial charge in [-0.25, -0.2) is 9.97 Å². The Balaban J connectivity index is 1.79. The smallest absolute Gasteiger partial charge is 0.225 e. The van der Waals surface area contributed by atoms with Gasteiger partial charge in [0, 0.05) is 31.0 Å². The second-order valence-electron chi connectivity index (χ2n) is 6.12. The summed E-state index contributed by atoms with van der Waals surface area (Å²) in [7, 11) is 3.22. The van der Waals surface area contributed by atoms with E-state index < -0.39 is 5.60 Å². The molecule has 0 bridgehead atoms. The Kier molecular flexibility index (Phi) is 4.57. The maximum atomic E-state index is 11.1. The molecule has 1 aliphatic rings. The van der Waals surface area contributed by atoms with Gasteiger partial charge >= 0.3 is 0 Å². The monoisotopic (exact) mass is 329 g/mol. The first-order valence-corrected chi connectivity index (χ1v) is 8.04. The molecule has 1 aliphatic heterocycles. The van der Waals surface area contributed by atoms with Crippen LogP contribution in [0.25, 0.3) is 0 Å². The summed E-state index contributed by atoms with van der Waals surface area (Å²) < 4.78 is 10.6. The van der Waals surface area contributed by atoms with Gasteiger partial charge in [0.1, 0.15) is 11.5 Å². The fourth-order valence-corrected chi connectivity index (χ4v) is 3.03. The number of aliphatic hydroxyl groups is 1. The number of benzene rings is 1. The van der Waals surface area contributed by atoms with Crippen molar-refractivity contribution in [3.8, 4) is 11.5 Å². The highest BCUT2D eigenvalue weighted by atomic mass is 16.5. The number of aryl methyl sites for hydroxylation is 1. The van der Waals surface area contributed by atoms with E-state index in [1.807, 2.05) is 31.2 Å². The molecule has 128 valence electrons. The van der Waals surface area contributed by atoms with E-state index in [4.69, 9.17) is 9.47 Å². The van der Waals surface area contributed by atoms with E-state index in [0.29, 0.717) is 37.4 Å². The van der Waals surface area contributed by atoms with Crippen LogP contribution in [0, 0.1) is 6.92 Å². The molecule has 3 rings (SSSR count). The first-order valence-electron chi connectivity index (χ1n) is 8.04. The highest BCUT2D eigenvalue weighted by molar-refractivity contribution is 5.42. The van der Waals surface area contributed by atoms with Crippen LogP contribution in [0.4, 0.5) is 5.95 Å². The standard InChI is InChI=1S/C18H23N3O3/c1-13-4-7-19-17(20-13)21-8-5-18(22,6-9-21)14-10-15(23-2)12-16(11-14)24-3/h4,7,10-12,22H,5-6,8-9H2,1-3H3. The van der Waals surface area contributed by atoms with Crippen molar-refractivity contribution < 1.29 is 14.6 Å². The van der Waals surface area contributed by atoms with Gasteiger partial charge in [-0.05, 0) is 43.5 Å². The van der Waals surface area contributed by atoms with Crippen LogP contribution in [0.3, 0.4) is 0 Å². The number of piperidine rings is 1. The number of rotatable bonds is 4. The van der Waals surface area contributed by atoms with E-state index >= 15 is 0 Å². The Morgan fingerprint density at radius 3 is 2.25 bits per heavy atom. The van der Waals surface area contributed by atoms with Crippen LogP contribution in [-0.4, -0.2) is 42.4 Å². The third kappa shape index (κ3) is 3.28. The largest absolute Gasteiger partial charge is 0.497 e. The highest BCUT2D eigenvalue weighted by Crippen LogP contribution is 2.37. The van der Waals surface area contributed by atoms with Crippen molar-refractivity contribution in [1.29, 1.82) is 0 Å². The maximum absolute atomic E-state index is 11.1. The minimum absolute atomic E-state index is 0.598. The van der Waals surface area contributed by atoms with Crippen molar-refractivity contribution >= 4 is 5.95 Å². The minimum Gasteiger partial charge on any atom is -0.497 e. The summed E-state index contributed by atoms with van der Waals surface area (Å²) in [5.41, 5.74) is 0.865. The molecule has 24 heavy (non-hydrogen) atoms. The number of nitrogens with zero attached hydrogens (tertiary/aromatic N) is 3. The predicted molar refractivity (Wildman–Crippen MR) is 91.7 cm³/mol. The van der Waals surface area contributed by atoms with Crippen LogP contribution in [0.2, 0.25) is 0 Å². The zero-order chi connectivity index (χ0) is 17.2. The van der Waals surface area contributed by atoms with Gasteiger partial charge in [0.2, 0.25) is 5.95 Å². The summed E-state index contributed by atoms with van der Waals surface area (Å²) in [6, 6.07) is 7.44. The van der Waals surface area contributed by atoms with Gasteiger partial charge in [-0.15, -0.1) is 0 Å². The van der Waals surface area contributed by atoms with Gasteiger partial charge < -0.3 is 19.5 Å². The number of aromatic nitrogens is 2. The first kappa shape index (κ1) is 16.5. The SMILES string of the molecule is COc1cc(OC)cc(C2(O)CCN(c3nccc(C)n3)CC2)c1. The van der Waals surface area contributed by atoms with Crippen LogP contribution in [0.5, 0.6) is 11.5 Å². The van der Waals surface area contributed by atoms with Gasteiger partial charge in [0.25, 0.3) is 0 Å². The lowest BCUT2D eigenvalue weighted by atomic mass is 9.84. The van der Waals surface area contributed by atoms with Crippen LogP contribution >= 0.6 is 0 Å². The lowest BCUT2D eigenvalue weighted by Gasteiger charge is -2.38. The second-order valence-corrected chi connectivity index (χ2v) is 6.12. The average Bonchev–Trinajstić information content (AvgIpc) is 2.62. The third-order valence-electron chi connectivity index (χ3n) is 4.54. The fraction of sp³-hybridized carbons (Fsp3) is 0.444. The summed E-state index contributed by atoms with van der Waals surface area (Å²) >= 11 is 0. The minimum atomic E-state index is -0.901. The van der Waals surface area contributed by atoms with E-state index in [-0.39, 0.29) is 0 Å². The van der Waals surface area contributed by atoms with E-state index in [1.165, 1.54) is 0 Å². The lowest BCUT2D eigenvalue weighted by Crippen LogP contribution is -2.43. The molecular weight excluding hydrogens is 306 g/mol. The van der Waals surface area contributed by atoms with Crippen LogP contribution < -0.4 is 14.4 Å². The molecule has 0 unspecified atom stereocenters. The molecule has 0 radical (unpaired) electrons. The molecule has 1 N–H and O–H groups in total. The number of hydrogen-bond acceptors (Lipinski definition) is 6. The molecule has 1 aromatic carbocycles. The molecule has 6 nitrogen and oxygen atoms in total. The second kappa shape index (κ2) is 6.65. The lowest BCUT2D eigenvalue weighted by molar-refractivity contribution is 0.0111. The summed E-state index contributed by atoms with van der Waals surface area (Å²) in [5, 5.41) is 11.1. The van der Waals surface area contributed by atoms with E-state index in [1.54, 1.807) is 20.4 Å². The van der Waals surface area contributed by atoms with Gasteiger partial charge in [0.05, 0.1) is 19.8 Å². The Hall–Kier alpha value is -2.34. The summed E-state index contributed by atoms with van der Waals surface area (Å²) in [6.07, 6.45) is 2.96. The van der Waals surface area contributed by atoms with E-state index in [2.05, 4.69) is 14.9 Å². The van der Waals surface area contributed by atoms with Crippen molar-refractivity contribution in [3.05, 3.63) is 41.7 Å². The van der Waals surface area contributed by atoms with Crippen molar-refractivity contribution in [2.45, 2.75) is 25.4 Å². The van der Waals surface area contributed by atoms with Gasteiger partial charge in [-0.3, -0.25) is 0 Å². The molecule has 0 aliphatic carbocycles. The number of ether oxygens (including phenoxy) is 2. The van der Waals surface area contributed by atoms with Gasteiger partial charge in [0.15, 0.2) is 0 Å². The van der Waals surface area contributed by atoms with Gasteiger partial charge in [-0.2, -0.15) is 0 Å². The van der Waals surface area contributed by atoms with Gasteiger partial charge in [-0.1, -0.05) is 0 Å². The van der Waals surface area contributed by atoms with Crippen LogP contribution in [0.15, 0.2) is 30.5 Å². The Labute approximate surface area is 142 Å². The summed E-state index contributed by atoms with van der Waals surface area (Å²) in [4.78, 5) is 10.9. The molecular formula is C18H23N3O3. The Morgan fingerprint density at radius 2 is 1.71 bits per heavy atom. The fourth-order valence-electron chi connectivity index (χ4n) is 3.03. The normalized spacial score (nSPS) is 16.8. The average molecular weight is 329 g/mol. The molecule has 0 amide bonds. The molecule has 0 spiro atoms. The topological polar surface area (TPSA) is 67.7 Å². The number of hydrogen-bond donors (Lipinski definition) is 1. The molecule has 0 saturated carbocycles. The molecule has 1 saturated heterocycles. The zero-order valence-electron chi connectivity index (χ0n) is 14.3. The zero-order valence-corrected chi connectivity index (χ0v) is 14.3. The van der Waals surface area contributed by atoms with Crippen molar-refractivity contribution in [2.75, 3.05) is 32.2 Å². The third-order valence-corrected chi connectivity index (χ3v) is 4.54. The van der Waals surface area contributed by atoms with Crippen molar-refractivity contribution in [2.24, 2.45) is 0 Å². The summed E-state index contributed by atoms with van der Waals surface area (Å²) in [5.74, 6) is 2.09. The Morgan fingerprint density at radius 1 is 1.08 bits per heavy atom. The van der Waals surface area contributed by atoms with E-state index in [9.17, 15) is 5.11 Å². The van der Waals surface area contributed by atoms with Crippen LogP contribution in [-0.2, 0) is 5.60 Å². The summed E-state index contributed by atoms with van der Waals surface area (Å²) in [6.45, 7) is 3.34. The number of methoxy groups -OCH3 is 2.